The summed E-state index contributed by atoms with van der Waals surface area (Å²) in [6, 6.07) is 0. The van der Waals surface area contributed by atoms with Gasteiger partial charge < -0.3 is 5.73 Å². The van der Waals surface area contributed by atoms with Gasteiger partial charge in [-0.2, -0.15) is 0 Å². The molecule has 1 rings (SSSR count). The first-order valence-corrected chi connectivity index (χ1v) is 6.08. The molecule has 1 aromatic heterocycles. The van der Waals surface area contributed by atoms with E-state index in [0.29, 0.717) is 12.5 Å². The zero-order valence-electron chi connectivity index (χ0n) is 8.01. The van der Waals surface area contributed by atoms with Crippen LogP contribution in [0, 0.1) is 5.92 Å². The molecule has 2 nitrogen and oxygen atoms in total. The Morgan fingerprint density at radius 2 is 2.23 bits per heavy atom. The van der Waals surface area contributed by atoms with Crippen LogP contribution in [0.15, 0.2) is 4.60 Å². The Morgan fingerprint density at radius 1 is 1.54 bits per heavy atom. The highest BCUT2D eigenvalue weighted by Crippen LogP contribution is 2.26. The Kier molecular flexibility index (Phi) is 4.35. The van der Waals surface area contributed by atoms with Gasteiger partial charge in [-0.25, -0.2) is 4.98 Å². The van der Waals surface area contributed by atoms with Crippen molar-refractivity contribution in [3.8, 4) is 0 Å². The summed E-state index contributed by atoms with van der Waals surface area (Å²) >= 11 is 5.25. The van der Waals surface area contributed by atoms with E-state index in [0.717, 1.165) is 22.5 Å². The minimum absolute atomic E-state index is 0.682. The molecule has 0 radical (unpaired) electrons. The molecule has 0 aliphatic carbocycles. The summed E-state index contributed by atoms with van der Waals surface area (Å²) in [6.07, 6.45) is 1.99. The normalized spacial score (nSPS) is 11.2. The number of halogens is 1. The van der Waals surface area contributed by atoms with Gasteiger partial charge in [-0.15, -0.1) is 11.3 Å². The maximum Gasteiger partial charge on any atom is 0.120 e. The average molecular weight is 263 g/mol. The lowest BCUT2D eigenvalue weighted by Crippen LogP contribution is -2.01. The van der Waals surface area contributed by atoms with Crippen molar-refractivity contribution in [2.24, 2.45) is 11.7 Å². The van der Waals surface area contributed by atoms with E-state index in [2.05, 4.69) is 34.8 Å². The van der Waals surface area contributed by atoms with Crippen molar-refractivity contribution in [2.45, 2.75) is 26.7 Å². The topological polar surface area (TPSA) is 38.9 Å². The molecule has 1 heterocycles. The molecule has 0 unspecified atom stereocenters. The molecule has 0 fully saturated rings. The van der Waals surface area contributed by atoms with Crippen LogP contribution in [0.2, 0.25) is 0 Å². The number of aromatic nitrogens is 1. The summed E-state index contributed by atoms with van der Waals surface area (Å²) in [5.74, 6) is 0.683. The lowest BCUT2D eigenvalue weighted by atomic mass is 10.1. The molecule has 13 heavy (non-hydrogen) atoms. The summed E-state index contributed by atoms with van der Waals surface area (Å²) in [5, 5.41) is 1.14. The lowest BCUT2D eigenvalue weighted by molar-refractivity contribution is 0.651. The van der Waals surface area contributed by atoms with E-state index in [1.807, 2.05) is 0 Å². The highest BCUT2D eigenvalue weighted by molar-refractivity contribution is 9.10. The van der Waals surface area contributed by atoms with E-state index in [1.54, 1.807) is 11.3 Å². The molecule has 2 N–H and O–H groups in total. The van der Waals surface area contributed by atoms with Crippen LogP contribution in [0.1, 0.15) is 23.7 Å². The molecule has 0 saturated heterocycles. The van der Waals surface area contributed by atoms with E-state index < -0.39 is 0 Å². The van der Waals surface area contributed by atoms with Crippen molar-refractivity contribution in [1.82, 2.24) is 4.98 Å². The van der Waals surface area contributed by atoms with Gasteiger partial charge in [-0.05, 0) is 34.8 Å². The predicted molar refractivity (Wildman–Crippen MR) is 61.1 cm³/mol. The number of hydrogen-bond donors (Lipinski definition) is 1. The smallest absolute Gasteiger partial charge is 0.120 e. The van der Waals surface area contributed by atoms with Crippen LogP contribution in [-0.4, -0.2) is 11.5 Å². The average Bonchev–Trinajstić information content (AvgIpc) is 2.31. The summed E-state index contributed by atoms with van der Waals surface area (Å²) < 4.78 is 1.01. The zero-order chi connectivity index (χ0) is 9.84. The molecule has 1 aromatic rings. The maximum absolute atomic E-state index is 5.47. The van der Waals surface area contributed by atoms with Crippen LogP contribution in [0.25, 0.3) is 0 Å². The zero-order valence-corrected chi connectivity index (χ0v) is 10.4. The van der Waals surface area contributed by atoms with Gasteiger partial charge in [0.2, 0.25) is 0 Å². The number of hydrogen-bond acceptors (Lipinski definition) is 3. The van der Waals surface area contributed by atoms with Crippen LogP contribution < -0.4 is 5.73 Å². The fourth-order valence-corrected chi connectivity index (χ4v) is 3.03. The number of rotatable bonds is 4. The molecule has 0 atom stereocenters. The summed E-state index contributed by atoms with van der Waals surface area (Å²) in [7, 11) is 0. The first-order chi connectivity index (χ1) is 6.13. The second-order valence-corrected chi connectivity index (χ2v) is 5.38. The van der Waals surface area contributed by atoms with Gasteiger partial charge >= 0.3 is 0 Å². The second kappa shape index (κ2) is 5.08. The quantitative estimate of drug-likeness (QED) is 0.906. The molecule has 0 aromatic carbocycles. The Bertz CT molecular complexity index is 271. The van der Waals surface area contributed by atoms with Crippen molar-refractivity contribution < 1.29 is 0 Å². The lowest BCUT2D eigenvalue weighted by Gasteiger charge is -2.00. The number of thiazole rings is 1. The number of nitrogens with two attached hydrogens (primary N) is 1. The molecule has 0 saturated carbocycles. The monoisotopic (exact) mass is 262 g/mol. The third kappa shape index (κ3) is 3.37. The van der Waals surface area contributed by atoms with E-state index in [-0.39, 0.29) is 0 Å². The number of nitrogens with zero attached hydrogens (tertiary/aromatic N) is 1. The van der Waals surface area contributed by atoms with Gasteiger partial charge in [0.1, 0.15) is 4.60 Å². The third-order valence-electron chi connectivity index (χ3n) is 1.65. The van der Waals surface area contributed by atoms with E-state index in [4.69, 9.17) is 5.73 Å². The molecule has 0 bridgehead atoms. The van der Waals surface area contributed by atoms with Crippen LogP contribution in [0.5, 0.6) is 0 Å². The highest BCUT2D eigenvalue weighted by Gasteiger charge is 2.09. The Morgan fingerprint density at radius 3 is 2.77 bits per heavy atom. The van der Waals surface area contributed by atoms with Crippen molar-refractivity contribution in [2.75, 3.05) is 6.54 Å². The molecule has 4 heteroatoms. The molecular formula is C9H15BrN2S. The molecular weight excluding hydrogens is 248 g/mol. The van der Waals surface area contributed by atoms with Gasteiger partial charge in [0.25, 0.3) is 0 Å². The fourth-order valence-electron chi connectivity index (χ4n) is 1.11. The van der Waals surface area contributed by atoms with Gasteiger partial charge in [-0.1, -0.05) is 13.8 Å². The van der Waals surface area contributed by atoms with Crippen molar-refractivity contribution in [1.29, 1.82) is 0 Å². The van der Waals surface area contributed by atoms with Crippen molar-refractivity contribution >= 4 is 27.3 Å². The van der Waals surface area contributed by atoms with Crippen molar-refractivity contribution in [3.63, 3.8) is 0 Å². The van der Waals surface area contributed by atoms with Crippen LogP contribution in [-0.2, 0) is 12.8 Å². The Balaban J connectivity index is 2.71. The van der Waals surface area contributed by atoms with E-state index in [1.165, 1.54) is 4.88 Å². The first-order valence-electron chi connectivity index (χ1n) is 4.47. The van der Waals surface area contributed by atoms with Crippen LogP contribution in [0.4, 0.5) is 0 Å². The fraction of sp³-hybridized carbons (Fsp3) is 0.667. The third-order valence-corrected chi connectivity index (χ3v) is 3.70. The minimum atomic E-state index is 0.682. The summed E-state index contributed by atoms with van der Waals surface area (Å²) in [4.78, 5) is 5.75. The first kappa shape index (κ1) is 11.1. The largest absolute Gasteiger partial charge is 0.330 e. The second-order valence-electron chi connectivity index (χ2n) is 3.46. The van der Waals surface area contributed by atoms with Crippen LogP contribution in [0.3, 0.4) is 0 Å². The molecule has 0 aliphatic rings. The maximum atomic E-state index is 5.47. The molecule has 0 aliphatic heterocycles. The summed E-state index contributed by atoms with van der Waals surface area (Å²) in [6.45, 7) is 5.12. The van der Waals surface area contributed by atoms with Gasteiger partial charge in [0.05, 0.1) is 5.01 Å². The van der Waals surface area contributed by atoms with Crippen molar-refractivity contribution in [3.05, 3.63) is 14.5 Å². The minimum Gasteiger partial charge on any atom is -0.330 e. The molecule has 74 valence electrons. The molecule has 0 spiro atoms. The standard InChI is InChI=1S/C9H15BrN2S/c1-6(2)5-7-9(10)12-8(13-7)3-4-11/h6H,3-5,11H2,1-2H3. The predicted octanol–water partition coefficient (Wildman–Crippen LogP) is 2.61. The van der Waals surface area contributed by atoms with Crippen LogP contribution >= 0.6 is 27.3 Å². The van der Waals surface area contributed by atoms with E-state index in [9.17, 15) is 0 Å². The van der Waals surface area contributed by atoms with E-state index >= 15 is 0 Å². The van der Waals surface area contributed by atoms with Gasteiger partial charge in [-0.3, -0.25) is 0 Å². The molecule has 0 amide bonds. The summed E-state index contributed by atoms with van der Waals surface area (Å²) in [5.41, 5.74) is 5.47. The Labute approximate surface area is 91.7 Å². The van der Waals surface area contributed by atoms with Gasteiger partial charge in [0, 0.05) is 11.3 Å². The Hall–Kier alpha value is 0.0700. The van der Waals surface area contributed by atoms with Gasteiger partial charge in [0.15, 0.2) is 0 Å². The SMILES string of the molecule is CC(C)Cc1sc(CCN)nc1Br. The highest BCUT2D eigenvalue weighted by atomic mass is 79.9.